The molecule has 26 heavy (non-hydrogen) atoms. The first-order valence-electron chi connectivity index (χ1n) is 9.16. The Kier molecular flexibility index (Phi) is 4.61. The lowest BCUT2D eigenvalue weighted by Gasteiger charge is -2.38. The Morgan fingerprint density at radius 2 is 1.81 bits per heavy atom. The third-order valence-electron chi connectivity index (χ3n) is 5.31. The summed E-state index contributed by atoms with van der Waals surface area (Å²) in [6.45, 7) is 0.415. The molecule has 2 fully saturated rings. The summed E-state index contributed by atoms with van der Waals surface area (Å²) in [6.07, 6.45) is 3.52. The summed E-state index contributed by atoms with van der Waals surface area (Å²) in [4.78, 5) is 24.7. The molecular weight excluding hydrogens is 326 g/mol. The van der Waals surface area contributed by atoms with Gasteiger partial charge in [-0.15, -0.1) is 0 Å². The van der Waals surface area contributed by atoms with Gasteiger partial charge in [-0.25, -0.2) is 4.79 Å². The van der Waals surface area contributed by atoms with Gasteiger partial charge in [0.25, 0.3) is 0 Å². The molecule has 2 unspecified atom stereocenters. The lowest BCUT2D eigenvalue weighted by atomic mass is 9.75. The molecule has 1 saturated heterocycles. The second kappa shape index (κ2) is 7.20. The number of carbonyl (C=O) groups is 2. The summed E-state index contributed by atoms with van der Waals surface area (Å²) in [5.74, 6) is 0.474. The van der Waals surface area contributed by atoms with Gasteiger partial charge in [-0.05, 0) is 48.4 Å². The topological polar surface area (TPSA) is 61.4 Å². The van der Waals surface area contributed by atoms with Crippen LogP contribution >= 0.6 is 0 Å². The number of amides is 3. The first-order valence-corrected chi connectivity index (χ1v) is 9.16. The van der Waals surface area contributed by atoms with E-state index in [1.54, 1.807) is 0 Å². The van der Waals surface area contributed by atoms with Crippen LogP contribution in [0, 0.1) is 5.92 Å². The van der Waals surface area contributed by atoms with E-state index in [1.807, 2.05) is 24.3 Å². The monoisotopic (exact) mass is 349 g/mol. The van der Waals surface area contributed by atoms with Gasteiger partial charge in [0.1, 0.15) is 0 Å². The van der Waals surface area contributed by atoms with Crippen molar-refractivity contribution in [2.45, 2.75) is 31.8 Å². The highest BCUT2D eigenvalue weighted by Gasteiger charge is 2.31. The highest BCUT2D eigenvalue weighted by atomic mass is 16.2. The Balaban J connectivity index is 1.38. The number of hydrogen-bond donors (Lipinski definition) is 2. The molecule has 2 N–H and O–H groups in total. The number of hydrogen-bond acceptors (Lipinski definition) is 3. The lowest BCUT2D eigenvalue weighted by Crippen LogP contribution is -2.39. The van der Waals surface area contributed by atoms with E-state index in [4.69, 9.17) is 0 Å². The molecule has 5 heteroatoms. The number of carbonyl (C=O) groups excluding carboxylic acids is 2. The van der Waals surface area contributed by atoms with Gasteiger partial charge in [0.05, 0.1) is 13.1 Å². The van der Waals surface area contributed by atoms with Crippen LogP contribution in [0.4, 0.5) is 10.5 Å². The van der Waals surface area contributed by atoms with Crippen molar-refractivity contribution in [3.05, 3.63) is 65.7 Å². The molecule has 1 heterocycles. The molecule has 0 radical (unpaired) electrons. The standard InChI is InChI=1S/C21H23N3O2/c25-20-13-22-21(26)24(20)14-16-7-4-8-18(12-16)23-19-10-9-17(19)11-15-5-2-1-3-6-15/h1-8,12,17,19,23H,9-11,13-14H2,(H,22,26). The molecule has 0 bridgehead atoms. The maximum atomic E-state index is 11.8. The minimum atomic E-state index is -0.310. The van der Waals surface area contributed by atoms with Crippen molar-refractivity contribution < 1.29 is 9.59 Å². The van der Waals surface area contributed by atoms with Gasteiger partial charge in [0, 0.05) is 11.7 Å². The number of anilines is 1. The van der Waals surface area contributed by atoms with Crippen LogP contribution in [-0.4, -0.2) is 29.4 Å². The molecule has 3 amide bonds. The first kappa shape index (κ1) is 16.6. The van der Waals surface area contributed by atoms with Gasteiger partial charge in [-0.3, -0.25) is 9.69 Å². The molecule has 1 saturated carbocycles. The van der Waals surface area contributed by atoms with Crippen molar-refractivity contribution in [1.29, 1.82) is 0 Å². The Bertz CT molecular complexity index is 790. The highest BCUT2D eigenvalue weighted by Crippen LogP contribution is 2.33. The molecule has 2 aromatic carbocycles. The van der Waals surface area contributed by atoms with Crippen LogP contribution in [0.3, 0.4) is 0 Å². The Morgan fingerprint density at radius 3 is 2.50 bits per heavy atom. The number of rotatable bonds is 6. The van der Waals surface area contributed by atoms with Crippen molar-refractivity contribution in [2.24, 2.45) is 5.92 Å². The average Bonchev–Trinajstić information content (AvgIpc) is 2.97. The van der Waals surface area contributed by atoms with Gasteiger partial charge in [0.2, 0.25) is 5.91 Å². The van der Waals surface area contributed by atoms with Gasteiger partial charge in [0.15, 0.2) is 0 Å². The fourth-order valence-electron chi connectivity index (χ4n) is 3.69. The fourth-order valence-corrected chi connectivity index (χ4v) is 3.69. The van der Waals surface area contributed by atoms with Crippen LogP contribution in [0.5, 0.6) is 0 Å². The van der Waals surface area contributed by atoms with Crippen molar-refractivity contribution in [3.8, 4) is 0 Å². The molecule has 4 rings (SSSR count). The summed E-state index contributed by atoms with van der Waals surface area (Å²) in [6, 6.07) is 18.8. The second-order valence-corrected chi connectivity index (χ2v) is 7.12. The van der Waals surface area contributed by atoms with E-state index in [0.717, 1.165) is 17.7 Å². The van der Waals surface area contributed by atoms with Crippen LogP contribution in [0.1, 0.15) is 24.0 Å². The van der Waals surface area contributed by atoms with Gasteiger partial charge in [-0.2, -0.15) is 0 Å². The fraction of sp³-hybridized carbons (Fsp3) is 0.333. The summed E-state index contributed by atoms with van der Waals surface area (Å²) in [5.41, 5.74) is 3.40. The normalized spacial score (nSPS) is 22.1. The minimum Gasteiger partial charge on any atom is -0.382 e. The SMILES string of the molecule is O=C1CNC(=O)N1Cc1cccc(NC2CCC2Cc2ccccc2)c1. The Labute approximate surface area is 153 Å². The van der Waals surface area contributed by atoms with Gasteiger partial charge < -0.3 is 10.6 Å². The largest absolute Gasteiger partial charge is 0.382 e. The lowest BCUT2D eigenvalue weighted by molar-refractivity contribution is -0.125. The molecule has 1 aliphatic heterocycles. The maximum absolute atomic E-state index is 11.8. The van der Waals surface area contributed by atoms with Crippen LogP contribution in [-0.2, 0) is 17.8 Å². The molecular formula is C21H23N3O2. The van der Waals surface area contributed by atoms with E-state index in [-0.39, 0.29) is 18.5 Å². The van der Waals surface area contributed by atoms with E-state index in [9.17, 15) is 9.59 Å². The molecule has 134 valence electrons. The van der Waals surface area contributed by atoms with Crippen LogP contribution in [0.2, 0.25) is 0 Å². The summed E-state index contributed by atoms with van der Waals surface area (Å²) < 4.78 is 0. The Morgan fingerprint density at radius 1 is 1.00 bits per heavy atom. The number of urea groups is 1. The van der Waals surface area contributed by atoms with Crippen molar-refractivity contribution in [2.75, 3.05) is 11.9 Å². The van der Waals surface area contributed by atoms with Crippen LogP contribution in [0.25, 0.3) is 0 Å². The van der Waals surface area contributed by atoms with Crippen LogP contribution in [0.15, 0.2) is 54.6 Å². The Hall–Kier alpha value is -2.82. The third-order valence-corrected chi connectivity index (χ3v) is 5.31. The number of benzene rings is 2. The second-order valence-electron chi connectivity index (χ2n) is 7.12. The molecule has 2 aromatic rings. The molecule has 2 atom stereocenters. The van der Waals surface area contributed by atoms with Gasteiger partial charge >= 0.3 is 6.03 Å². The number of nitrogens with zero attached hydrogens (tertiary/aromatic N) is 1. The number of nitrogens with one attached hydrogen (secondary N) is 2. The summed E-state index contributed by atoms with van der Waals surface area (Å²) >= 11 is 0. The maximum Gasteiger partial charge on any atom is 0.324 e. The molecule has 5 nitrogen and oxygen atoms in total. The van der Waals surface area contributed by atoms with Crippen molar-refractivity contribution >= 4 is 17.6 Å². The van der Waals surface area contributed by atoms with E-state index >= 15 is 0 Å². The highest BCUT2D eigenvalue weighted by molar-refractivity contribution is 6.01. The number of imide groups is 1. The average molecular weight is 349 g/mol. The molecule has 0 spiro atoms. The molecule has 2 aliphatic rings. The van der Waals surface area contributed by atoms with E-state index in [2.05, 4.69) is 41.0 Å². The summed E-state index contributed by atoms with van der Waals surface area (Å²) in [5, 5.41) is 6.19. The quantitative estimate of drug-likeness (QED) is 0.788. The smallest absolute Gasteiger partial charge is 0.324 e. The predicted molar refractivity (Wildman–Crippen MR) is 101 cm³/mol. The molecule has 0 aromatic heterocycles. The van der Waals surface area contributed by atoms with Crippen molar-refractivity contribution in [1.82, 2.24) is 10.2 Å². The predicted octanol–water partition coefficient (Wildman–Crippen LogP) is 3.17. The minimum absolute atomic E-state index is 0.0972. The third kappa shape index (κ3) is 3.57. The summed E-state index contributed by atoms with van der Waals surface area (Å²) in [7, 11) is 0. The van der Waals surface area contributed by atoms with Crippen molar-refractivity contribution in [3.63, 3.8) is 0 Å². The van der Waals surface area contributed by atoms with Gasteiger partial charge in [-0.1, -0.05) is 42.5 Å². The van der Waals surface area contributed by atoms with E-state index in [0.29, 0.717) is 18.5 Å². The molecule has 1 aliphatic carbocycles. The van der Waals surface area contributed by atoms with Crippen LogP contribution < -0.4 is 10.6 Å². The zero-order valence-electron chi connectivity index (χ0n) is 14.7. The zero-order valence-corrected chi connectivity index (χ0v) is 14.7. The zero-order chi connectivity index (χ0) is 17.9. The first-order chi connectivity index (χ1) is 12.7. The van der Waals surface area contributed by atoms with E-state index < -0.39 is 0 Å². The van der Waals surface area contributed by atoms with E-state index in [1.165, 1.54) is 23.3 Å².